The van der Waals surface area contributed by atoms with Crippen molar-refractivity contribution in [1.82, 2.24) is 5.48 Å². The first-order valence-corrected chi connectivity index (χ1v) is 4.73. The van der Waals surface area contributed by atoms with Crippen LogP contribution < -0.4 is 5.48 Å². The van der Waals surface area contributed by atoms with Gasteiger partial charge in [-0.1, -0.05) is 24.3 Å². The fourth-order valence-electron chi connectivity index (χ4n) is 1.39. The first-order chi connectivity index (χ1) is 7.03. The Labute approximate surface area is 88.2 Å². The third-order valence-corrected chi connectivity index (χ3v) is 2.03. The van der Waals surface area contributed by atoms with Gasteiger partial charge in [-0.05, 0) is 18.1 Å². The second kappa shape index (κ2) is 5.19. The van der Waals surface area contributed by atoms with Crippen molar-refractivity contribution in [2.75, 3.05) is 7.11 Å². The van der Waals surface area contributed by atoms with Crippen LogP contribution >= 0.6 is 0 Å². The van der Waals surface area contributed by atoms with Crippen LogP contribution in [0.2, 0.25) is 0 Å². The van der Waals surface area contributed by atoms with Crippen LogP contribution in [0.25, 0.3) is 0 Å². The molecule has 0 fully saturated rings. The van der Waals surface area contributed by atoms with Crippen LogP contribution in [-0.4, -0.2) is 13.0 Å². The number of hydrogen-bond acceptors (Lipinski definition) is 2. The van der Waals surface area contributed by atoms with Crippen LogP contribution in [-0.2, 0) is 17.8 Å². The van der Waals surface area contributed by atoms with Gasteiger partial charge in [-0.2, -0.15) is 5.48 Å². The largest absolute Gasteiger partial charge is 0.305 e. The van der Waals surface area contributed by atoms with Gasteiger partial charge in [0, 0.05) is 13.0 Å². The van der Waals surface area contributed by atoms with Gasteiger partial charge in [0.1, 0.15) is 0 Å². The van der Waals surface area contributed by atoms with E-state index < -0.39 is 5.92 Å². The summed E-state index contributed by atoms with van der Waals surface area (Å²) in [7, 11) is 1.50. The second-order valence-electron chi connectivity index (χ2n) is 3.54. The Morgan fingerprint density at radius 3 is 2.40 bits per heavy atom. The van der Waals surface area contributed by atoms with Crippen LogP contribution in [0.4, 0.5) is 8.78 Å². The predicted octanol–water partition coefficient (Wildman–Crippen LogP) is 2.54. The molecule has 0 saturated heterocycles. The van der Waals surface area contributed by atoms with E-state index in [-0.39, 0.29) is 6.42 Å². The van der Waals surface area contributed by atoms with Gasteiger partial charge in [-0.15, -0.1) is 0 Å². The molecule has 1 N–H and O–H groups in total. The Hall–Kier alpha value is -1.00. The van der Waals surface area contributed by atoms with E-state index in [9.17, 15) is 8.78 Å². The fraction of sp³-hybridized carbons (Fsp3) is 0.455. The number of rotatable bonds is 5. The van der Waals surface area contributed by atoms with Gasteiger partial charge in [0.25, 0.3) is 0 Å². The highest BCUT2D eigenvalue weighted by Gasteiger charge is 2.22. The summed E-state index contributed by atoms with van der Waals surface area (Å²) in [5.74, 6) is -2.68. The molecule has 84 valence electrons. The Morgan fingerprint density at radius 1 is 1.27 bits per heavy atom. The zero-order valence-corrected chi connectivity index (χ0v) is 8.89. The van der Waals surface area contributed by atoms with Crippen molar-refractivity contribution in [2.24, 2.45) is 0 Å². The quantitative estimate of drug-likeness (QED) is 0.762. The minimum atomic E-state index is -2.68. The van der Waals surface area contributed by atoms with Gasteiger partial charge >= 0.3 is 0 Å². The standard InChI is InChI=1S/C11H15F2NO/c1-11(12,13)7-9-5-3-4-6-10(9)8-14-15-2/h3-6,14H,7-8H2,1-2H3. The van der Waals surface area contributed by atoms with Crippen molar-refractivity contribution in [1.29, 1.82) is 0 Å². The van der Waals surface area contributed by atoms with Crippen molar-refractivity contribution in [3.8, 4) is 0 Å². The minimum Gasteiger partial charge on any atom is -0.305 e. The summed E-state index contributed by atoms with van der Waals surface area (Å²) < 4.78 is 25.7. The highest BCUT2D eigenvalue weighted by Crippen LogP contribution is 2.21. The summed E-state index contributed by atoms with van der Waals surface area (Å²) in [4.78, 5) is 4.69. The summed E-state index contributed by atoms with van der Waals surface area (Å²) in [6.45, 7) is 1.36. The Kier molecular flexibility index (Phi) is 4.17. The molecular weight excluding hydrogens is 200 g/mol. The van der Waals surface area contributed by atoms with Crippen molar-refractivity contribution < 1.29 is 13.6 Å². The molecule has 4 heteroatoms. The topological polar surface area (TPSA) is 21.3 Å². The molecule has 0 heterocycles. The molecule has 0 aliphatic rings. The highest BCUT2D eigenvalue weighted by atomic mass is 19.3. The smallest absolute Gasteiger partial charge is 0.249 e. The Balaban J connectivity index is 2.77. The maximum absolute atomic E-state index is 12.9. The fourth-order valence-corrected chi connectivity index (χ4v) is 1.39. The molecule has 0 radical (unpaired) electrons. The molecule has 1 aromatic carbocycles. The molecule has 15 heavy (non-hydrogen) atoms. The van der Waals surface area contributed by atoms with Gasteiger partial charge in [0.05, 0.1) is 7.11 Å². The molecule has 0 aliphatic heterocycles. The number of benzene rings is 1. The lowest BCUT2D eigenvalue weighted by molar-refractivity contribution is 0.0220. The van der Waals surface area contributed by atoms with Gasteiger partial charge < -0.3 is 4.84 Å². The van der Waals surface area contributed by atoms with Crippen LogP contribution in [0.3, 0.4) is 0 Å². The molecular formula is C11H15F2NO. The van der Waals surface area contributed by atoms with E-state index >= 15 is 0 Å². The molecule has 1 rings (SSSR count). The van der Waals surface area contributed by atoms with Gasteiger partial charge in [-0.25, -0.2) is 8.78 Å². The SMILES string of the molecule is CONCc1ccccc1CC(C)(F)F. The number of hydrogen-bond donors (Lipinski definition) is 1. The Bertz CT molecular complexity index is 310. The lowest BCUT2D eigenvalue weighted by atomic mass is 10.0. The zero-order valence-electron chi connectivity index (χ0n) is 8.89. The van der Waals surface area contributed by atoms with E-state index in [1.165, 1.54) is 7.11 Å². The molecule has 0 bridgehead atoms. The monoisotopic (exact) mass is 215 g/mol. The Morgan fingerprint density at radius 2 is 1.87 bits per heavy atom. The number of halogens is 2. The lowest BCUT2D eigenvalue weighted by Crippen LogP contribution is -2.17. The van der Waals surface area contributed by atoms with E-state index in [2.05, 4.69) is 5.48 Å². The molecule has 0 atom stereocenters. The summed E-state index contributed by atoms with van der Waals surface area (Å²) >= 11 is 0. The molecule has 0 amide bonds. The maximum atomic E-state index is 12.9. The molecule has 1 aromatic rings. The van der Waals surface area contributed by atoms with E-state index in [4.69, 9.17) is 4.84 Å². The zero-order chi connectivity index (χ0) is 11.3. The lowest BCUT2D eigenvalue weighted by Gasteiger charge is -2.14. The minimum absolute atomic E-state index is 0.242. The summed E-state index contributed by atoms with van der Waals surface area (Å²) in [5, 5.41) is 0. The van der Waals surface area contributed by atoms with Gasteiger partial charge in [0.15, 0.2) is 0 Å². The van der Waals surface area contributed by atoms with Gasteiger partial charge in [0.2, 0.25) is 5.92 Å². The van der Waals surface area contributed by atoms with Gasteiger partial charge in [-0.3, -0.25) is 0 Å². The summed E-state index contributed by atoms with van der Waals surface area (Å²) in [5.41, 5.74) is 4.13. The van der Waals surface area contributed by atoms with Crippen molar-refractivity contribution in [3.63, 3.8) is 0 Å². The first kappa shape index (κ1) is 12.1. The highest BCUT2D eigenvalue weighted by molar-refractivity contribution is 5.27. The normalized spacial score (nSPS) is 11.7. The molecule has 2 nitrogen and oxygen atoms in total. The predicted molar refractivity (Wildman–Crippen MR) is 54.6 cm³/mol. The summed E-state index contributed by atoms with van der Waals surface area (Å²) in [6, 6.07) is 7.11. The third-order valence-electron chi connectivity index (χ3n) is 2.03. The van der Waals surface area contributed by atoms with Crippen molar-refractivity contribution in [2.45, 2.75) is 25.8 Å². The van der Waals surface area contributed by atoms with Crippen molar-refractivity contribution in [3.05, 3.63) is 35.4 Å². The second-order valence-corrected chi connectivity index (χ2v) is 3.54. The van der Waals surface area contributed by atoms with Crippen LogP contribution in [0.15, 0.2) is 24.3 Å². The molecule has 0 aliphatic carbocycles. The summed E-state index contributed by atoms with van der Waals surface area (Å²) in [6.07, 6.45) is -0.242. The van der Waals surface area contributed by atoms with Crippen LogP contribution in [0, 0.1) is 0 Å². The number of nitrogens with one attached hydrogen (secondary N) is 1. The van der Waals surface area contributed by atoms with E-state index in [0.717, 1.165) is 12.5 Å². The van der Waals surface area contributed by atoms with Crippen molar-refractivity contribution >= 4 is 0 Å². The van der Waals surface area contributed by atoms with Crippen LogP contribution in [0.1, 0.15) is 18.1 Å². The molecule has 0 unspecified atom stereocenters. The first-order valence-electron chi connectivity index (χ1n) is 4.73. The molecule has 0 spiro atoms. The molecule has 0 saturated carbocycles. The van der Waals surface area contributed by atoms with E-state index in [0.29, 0.717) is 12.1 Å². The van der Waals surface area contributed by atoms with Crippen LogP contribution in [0.5, 0.6) is 0 Å². The van der Waals surface area contributed by atoms with E-state index in [1.54, 1.807) is 12.1 Å². The van der Waals surface area contributed by atoms with E-state index in [1.807, 2.05) is 12.1 Å². The molecule has 0 aromatic heterocycles. The average Bonchev–Trinajstić information content (AvgIpc) is 2.14. The number of alkyl halides is 2. The maximum Gasteiger partial charge on any atom is 0.249 e. The number of hydroxylamine groups is 1. The average molecular weight is 215 g/mol. The third kappa shape index (κ3) is 4.36.